The number of nitrogens with zero attached hydrogens (tertiary/aromatic N) is 3. The maximum Gasteiger partial charge on any atom is 0.410 e. The molecule has 0 aliphatic heterocycles. The van der Waals surface area contributed by atoms with E-state index >= 15 is 0 Å². The van der Waals surface area contributed by atoms with Gasteiger partial charge in [0.25, 0.3) is 0 Å². The van der Waals surface area contributed by atoms with Crippen LogP contribution in [0.3, 0.4) is 0 Å². The molecule has 7 nitrogen and oxygen atoms in total. The normalized spacial score (nSPS) is 11.8. The molecule has 0 aromatic heterocycles. The molecule has 0 rings (SSSR count). The van der Waals surface area contributed by atoms with E-state index in [1.165, 1.54) is 116 Å². The van der Waals surface area contributed by atoms with E-state index < -0.39 is 5.60 Å². The third-order valence-corrected chi connectivity index (χ3v) is 12.2. The first-order chi connectivity index (χ1) is 27.9. The number of amides is 3. The van der Waals surface area contributed by atoms with E-state index in [1.807, 2.05) is 49.6 Å². The molecule has 0 aliphatic rings. The summed E-state index contributed by atoms with van der Waals surface area (Å²) in [4.78, 5) is 44.5. The van der Waals surface area contributed by atoms with Gasteiger partial charge in [-0.25, -0.2) is 4.79 Å². The van der Waals surface area contributed by atoms with E-state index in [2.05, 4.69) is 27.7 Å². The lowest BCUT2D eigenvalue weighted by atomic mass is 9.91. The third kappa shape index (κ3) is 34.0. The van der Waals surface area contributed by atoms with E-state index in [4.69, 9.17) is 4.74 Å². The Morgan fingerprint density at radius 3 is 1.05 bits per heavy atom. The van der Waals surface area contributed by atoms with Crippen molar-refractivity contribution in [3.8, 4) is 0 Å². The fourth-order valence-corrected chi connectivity index (χ4v) is 8.30. The Morgan fingerprint density at radius 2 is 0.724 bits per heavy atom. The van der Waals surface area contributed by atoms with Crippen LogP contribution in [0.2, 0.25) is 0 Å². The largest absolute Gasteiger partial charge is 0.444 e. The molecule has 0 N–H and O–H groups in total. The molecule has 0 aromatic carbocycles. The van der Waals surface area contributed by atoms with Crippen LogP contribution < -0.4 is 0 Å². The summed E-state index contributed by atoms with van der Waals surface area (Å²) in [5.74, 6) is 2.22. The van der Waals surface area contributed by atoms with E-state index in [0.717, 1.165) is 102 Å². The molecule has 0 radical (unpaired) electrons. The number of hydrogen-bond acceptors (Lipinski definition) is 4. The highest BCUT2D eigenvalue weighted by Gasteiger charge is 2.22. The summed E-state index contributed by atoms with van der Waals surface area (Å²) in [6, 6.07) is 0. The highest BCUT2D eigenvalue weighted by molar-refractivity contribution is 5.76. The second kappa shape index (κ2) is 38.2. The van der Waals surface area contributed by atoms with Crippen LogP contribution in [0.1, 0.15) is 254 Å². The van der Waals surface area contributed by atoms with Crippen LogP contribution in [-0.2, 0) is 14.3 Å². The van der Waals surface area contributed by atoms with E-state index in [9.17, 15) is 14.4 Å². The van der Waals surface area contributed by atoms with Gasteiger partial charge in [0.05, 0.1) is 0 Å². The minimum absolute atomic E-state index is 0.212. The molecule has 7 heteroatoms. The number of unbranched alkanes of at least 4 members (excludes halogenated alkanes) is 16. The smallest absolute Gasteiger partial charge is 0.410 e. The first kappa shape index (κ1) is 56.2. The van der Waals surface area contributed by atoms with Crippen LogP contribution in [0.4, 0.5) is 4.79 Å². The molecular formula is C51H101N3O4. The lowest BCUT2D eigenvalue weighted by Gasteiger charge is -2.27. The van der Waals surface area contributed by atoms with E-state index in [1.54, 1.807) is 0 Å². The molecule has 58 heavy (non-hydrogen) atoms. The van der Waals surface area contributed by atoms with Crippen LogP contribution in [-0.4, -0.2) is 78.5 Å². The van der Waals surface area contributed by atoms with Gasteiger partial charge in [-0.3, -0.25) is 9.59 Å². The maximum absolute atomic E-state index is 13.0. The molecule has 0 saturated carbocycles. The predicted octanol–water partition coefficient (Wildman–Crippen LogP) is 14.9. The van der Waals surface area contributed by atoms with Gasteiger partial charge in [-0.2, -0.15) is 0 Å². The van der Waals surface area contributed by atoms with Crippen molar-refractivity contribution >= 4 is 17.9 Å². The lowest BCUT2D eigenvalue weighted by Crippen LogP contribution is -2.38. The van der Waals surface area contributed by atoms with Gasteiger partial charge in [-0.15, -0.1) is 0 Å². The monoisotopic (exact) mass is 820 g/mol. The van der Waals surface area contributed by atoms with Crippen molar-refractivity contribution in [2.24, 2.45) is 11.8 Å². The van der Waals surface area contributed by atoms with Crippen molar-refractivity contribution in [1.29, 1.82) is 0 Å². The van der Waals surface area contributed by atoms with Gasteiger partial charge in [-0.1, -0.05) is 169 Å². The molecule has 0 heterocycles. The zero-order valence-electron chi connectivity index (χ0n) is 40.6. The van der Waals surface area contributed by atoms with Crippen LogP contribution in [0.15, 0.2) is 0 Å². The van der Waals surface area contributed by atoms with Gasteiger partial charge in [0.15, 0.2) is 0 Å². The van der Waals surface area contributed by atoms with Gasteiger partial charge < -0.3 is 19.4 Å². The lowest BCUT2D eigenvalue weighted by molar-refractivity contribution is -0.130. The Kier molecular flexibility index (Phi) is 37.0. The molecule has 0 bridgehead atoms. The quantitative estimate of drug-likeness (QED) is 0.0577. The number of carbonyl (C=O) groups excluding carboxylic acids is 3. The molecule has 0 unspecified atom stereocenters. The number of rotatable bonds is 40. The predicted molar refractivity (Wildman–Crippen MR) is 251 cm³/mol. The second-order valence-electron chi connectivity index (χ2n) is 19.1. The summed E-state index contributed by atoms with van der Waals surface area (Å²) in [5, 5.41) is 0. The van der Waals surface area contributed by atoms with Crippen LogP contribution in [0, 0.1) is 11.8 Å². The average Bonchev–Trinajstić information content (AvgIpc) is 3.18. The molecular weight excluding hydrogens is 719 g/mol. The summed E-state index contributed by atoms with van der Waals surface area (Å²) >= 11 is 0. The summed E-state index contributed by atoms with van der Waals surface area (Å²) in [6.45, 7) is 18.1. The number of ether oxygens (including phenoxy) is 1. The van der Waals surface area contributed by atoms with Crippen molar-refractivity contribution < 1.29 is 19.1 Å². The van der Waals surface area contributed by atoms with Crippen molar-refractivity contribution in [1.82, 2.24) is 14.7 Å². The molecule has 0 saturated heterocycles. The van der Waals surface area contributed by atoms with Gasteiger partial charge in [0.2, 0.25) is 11.8 Å². The average molecular weight is 820 g/mol. The minimum Gasteiger partial charge on any atom is -0.444 e. The Balaban J connectivity index is 4.38. The molecule has 0 fully saturated rings. The molecule has 0 aromatic rings. The van der Waals surface area contributed by atoms with Crippen molar-refractivity contribution in [2.75, 3.05) is 40.3 Å². The Morgan fingerprint density at radius 1 is 0.414 bits per heavy atom. The molecule has 3 amide bonds. The van der Waals surface area contributed by atoms with Crippen molar-refractivity contribution in [3.05, 3.63) is 0 Å². The van der Waals surface area contributed by atoms with Crippen molar-refractivity contribution in [3.63, 3.8) is 0 Å². The number of carbonyl (C=O) groups is 3. The highest BCUT2D eigenvalue weighted by atomic mass is 16.6. The summed E-state index contributed by atoms with van der Waals surface area (Å²) in [5.41, 5.74) is -0.509. The fourth-order valence-electron chi connectivity index (χ4n) is 8.30. The highest BCUT2D eigenvalue weighted by Crippen LogP contribution is 2.24. The Bertz CT molecular complexity index is 884. The van der Waals surface area contributed by atoms with Gasteiger partial charge in [-0.05, 0) is 84.0 Å². The van der Waals surface area contributed by atoms with Crippen LogP contribution >= 0.6 is 0 Å². The van der Waals surface area contributed by atoms with Gasteiger partial charge >= 0.3 is 6.09 Å². The molecule has 0 spiro atoms. The topological polar surface area (TPSA) is 70.2 Å². The summed E-state index contributed by atoms with van der Waals surface area (Å²) < 4.78 is 5.76. The molecule has 0 atom stereocenters. The molecule has 0 aliphatic carbocycles. The second-order valence-corrected chi connectivity index (χ2v) is 19.1. The fraction of sp³-hybridized carbons (Fsp3) is 0.941. The van der Waals surface area contributed by atoms with Crippen LogP contribution in [0.25, 0.3) is 0 Å². The minimum atomic E-state index is -0.509. The first-order valence-electron chi connectivity index (χ1n) is 25.3. The number of hydrogen-bond donors (Lipinski definition) is 0. The zero-order valence-corrected chi connectivity index (χ0v) is 40.6. The zero-order chi connectivity index (χ0) is 43.3. The van der Waals surface area contributed by atoms with Gasteiger partial charge in [0, 0.05) is 53.1 Å². The van der Waals surface area contributed by atoms with Gasteiger partial charge in [0.1, 0.15) is 5.60 Å². The SMILES string of the molecule is CCCCCC(CCCCC)CCCN(C)C(=O)CCCCCCCN(CCCCCCCC(=O)N(C)CCCC(CCCCC)CCCCC)C(=O)OC(C)(C)C. The van der Waals surface area contributed by atoms with E-state index in [0.29, 0.717) is 25.9 Å². The summed E-state index contributed by atoms with van der Waals surface area (Å²) in [6.07, 6.45) is 37.3. The third-order valence-electron chi connectivity index (χ3n) is 12.2. The maximum atomic E-state index is 13.0. The Hall–Kier alpha value is -1.79. The molecule has 344 valence electrons. The van der Waals surface area contributed by atoms with Crippen LogP contribution in [0.5, 0.6) is 0 Å². The van der Waals surface area contributed by atoms with E-state index in [-0.39, 0.29) is 17.9 Å². The van der Waals surface area contributed by atoms with Crippen molar-refractivity contribution in [2.45, 2.75) is 260 Å². The first-order valence-corrected chi connectivity index (χ1v) is 25.3. The standard InChI is InChI=1S/C51H101N3O4/c1-10-14-24-34-46(35-25-15-11-2)38-32-42-52(8)48(55)40-28-20-18-22-30-44-54(50(57)58-51(5,6)7)45-31-23-19-21-29-41-49(56)53(9)43-33-39-47(36-26-16-12-3)37-27-17-13-4/h46-47H,10-45H2,1-9H3. The Labute approximate surface area is 362 Å². The summed E-state index contributed by atoms with van der Waals surface area (Å²) in [7, 11) is 3.97.